The Labute approximate surface area is 125 Å². The molecule has 3 heterocycles. The zero-order chi connectivity index (χ0) is 15.3. The highest BCUT2D eigenvalue weighted by atomic mass is 32.2. The monoisotopic (exact) mass is 313 g/mol. The molecular formula is C14H11N5O2S. The van der Waals surface area contributed by atoms with Gasteiger partial charge in [-0.05, 0) is 30.7 Å². The second kappa shape index (κ2) is 4.38. The Morgan fingerprint density at radius 3 is 2.86 bits per heavy atom. The largest absolute Gasteiger partial charge is 0.277 e. The van der Waals surface area contributed by atoms with Crippen LogP contribution in [-0.4, -0.2) is 32.0 Å². The summed E-state index contributed by atoms with van der Waals surface area (Å²) in [5.74, 6) is 0. The fourth-order valence-electron chi connectivity index (χ4n) is 2.43. The van der Waals surface area contributed by atoms with Gasteiger partial charge in [-0.2, -0.15) is 0 Å². The zero-order valence-corrected chi connectivity index (χ0v) is 12.4. The Morgan fingerprint density at radius 2 is 2.05 bits per heavy atom. The molecule has 0 radical (unpaired) electrons. The van der Waals surface area contributed by atoms with Gasteiger partial charge in [-0.25, -0.2) is 17.4 Å². The number of rotatable bonds is 2. The van der Waals surface area contributed by atoms with Crippen molar-refractivity contribution in [3.8, 4) is 0 Å². The van der Waals surface area contributed by atoms with Crippen LogP contribution in [0, 0.1) is 6.92 Å². The van der Waals surface area contributed by atoms with Crippen molar-refractivity contribution >= 4 is 26.8 Å². The third-order valence-electron chi connectivity index (χ3n) is 3.49. The minimum absolute atomic E-state index is 0.232. The quantitative estimate of drug-likeness (QED) is 0.561. The number of nitrogens with zero attached hydrogens (tertiary/aromatic N) is 5. The van der Waals surface area contributed by atoms with E-state index in [4.69, 9.17) is 0 Å². The third kappa shape index (κ3) is 1.74. The maximum Gasteiger partial charge on any atom is 0.269 e. The molecule has 4 aromatic rings. The molecule has 1 aromatic carbocycles. The minimum Gasteiger partial charge on any atom is -0.277 e. The second-order valence-electron chi connectivity index (χ2n) is 4.96. The summed E-state index contributed by atoms with van der Waals surface area (Å²) in [4.78, 5) is 4.45. The van der Waals surface area contributed by atoms with Crippen LogP contribution < -0.4 is 0 Å². The Balaban J connectivity index is 2.01. The molecule has 0 atom stereocenters. The Hall–Kier alpha value is -2.74. The summed E-state index contributed by atoms with van der Waals surface area (Å²) in [7, 11) is -3.70. The number of benzene rings is 1. The molecule has 0 aliphatic heterocycles. The lowest BCUT2D eigenvalue weighted by atomic mass is 10.2. The predicted octanol–water partition coefficient (Wildman–Crippen LogP) is 1.62. The first-order valence-electron chi connectivity index (χ1n) is 6.55. The van der Waals surface area contributed by atoms with E-state index < -0.39 is 10.0 Å². The Morgan fingerprint density at radius 1 is 1.18 bits per heavy atom. The molecule has 0 aliphatic rings. The van der Waals surface area contributed by atoms with Gasteiger partial charge >= 0.3 is 0 Å². The van der Waals surface area contributed by atoms with Crippen molar-refractivity contribution in [1.82, 2.24) is 23.6 Å². The summed E-state index contributed by atoms with van der Waals surface area (Å²) < 4.78 is 28.5. The molecule has 0 unspecified atom stereocenters. The lowest BCUT2D eigenvalue weighted by Crippen LogP contribution is -2.12. The molecule has 0 aliphatic carbocycles. The molecule has 7 nitrogen and oxygen atoms in total. The van der Waals surface area contributed by atoms with Crippen molar-refractivity contribution in [3.05, 3.63) is 54.6 Å². The molecule has 0 spiro atoms. The zero-order valence-electron chi connectivity index (χ0n) is 11.6. The highest BCUT2D eigenvalue weighted by Gasteiger charge is 2.20. The van der Waals surface area contributed by atoms with Crippen LogP contribution in [0.4, 0.5) is 0 Å². The summed E-state index contributed by atoms with van der Waals surface area (Å²) >= 11 is 0. The topological polar surface area (TPSA) is 82.1 Å². The second-order valence-corrected chi connectivity index (χ2v) is 6.77. The van der Waals surface area contributed by atoms with Crippen LogP contribution in [0.1, 0.15) is 5.56 Å². The normalized spacial score (nSPS) is 12.2. The summed E-state index contributed by atoms with van der Waals surface area (Å²) in [6.45, 7) is 1.85. The van der Waals surface area contributed by atoms with Crippen molar-refractivity contribution in [2.45, 2.75) is 11.8 Å². The van der Waals surface area contributed by atoms with Gasteiger partial charge in [0, 0.05) is 6.20 Å². The van der Waals surface area contributed by atoms with Gasteiger partial charge in [0.1, 0.15) is 6.33 Å². The van der Waals surface area contributed by atoms with Crippen LogP contribution >= 0.6 is 0 Å². The maximum atomic E-state index is 12.8. The summed E-state index contributed by atoms with van der Waals surface area (Å²) in [5.41, 5.74) is 2.43. The molecule has 8 heteroatoms. The van der Waals surface area contributed by atoms with Crippen LogP contribution in [0.25, 0.3) is 16.8 Å². The molecule has 0 saturated heterocycles. The molecule has 22 heavy (non-hydrogen) atoms. The van der Waals surface area contributed by atoms with E-state index in [1.807, 2.05) is 13.0 Å². The first kappa shape index (κ1) is 13.0. The lowest BCUT2D eigenvalue weighted by molar-refractivity contribution is 0.588. The lowest BCUT2D eigenvalue weighted by Gasteiger charge is -2.07. The third-order valence-corrected chi connectivity index (χ3v) is 5.15. The van der Waals surface area contributed by atoms with Crippen molar-refractivity contribution < 1.29 is 8.42 Å². The first-order valence-corrected chi connectivity index (χ1v) is 7.99. The molecule has 0 saturated carbocycles. The number of fused-ring (bicyclic) bond motifs is 3. The van der Waals surface area contributed by atoms with Gasteiger partial charge in [0.2, 0.25) is 0 Å². The van der Waals surface area contributed by atoms with E-state index in [0.717, 1.165) is 5.56 Å². The highest BCUT2D eigenvalue weighted by molar-refractivity contribution is 7.90. The standard InChI is InChI=1S/C14H11N5O2S/c1-10-3-2-4-11(7-10)22(20,21)19-6-5-12-14(19)15-8-13-17-16-9-18(12)13/h2-9H,1H3. The van der Waals surface area contributed by atoms with Gasteiger partial charge in [-0.1, -0.05) is 12.1 Å². The average Bonchev–Trinajstić information content (AvgIpc) is 3.13. The Kier molecular flexibility index (Phi) is 2.58. The van der Waals surface area contributed by atoms with E-state index in [0.29, 0.717) is 16.8 Å². The van der Waals surface area contributed by atoms with Gasteiger partial charge in [-0.3, -0.25) is 4.40 Å². The predicted molar refractivity (Wildman–Crippen MR) is 80.0 cm³/mol. The van der Waals surface area contributed by atoms with Crippen molar-refractivity contribution in [2.75, 3.05) is 0 Å². The van der Waals surface area contributed by atoms with E-state index >= 15 is 0 Å². The Bertz CT molecular complexity index is 1110. The van der Waals surface area contributed by atoms with Crippen LogP contribution in [0.3, 0.4) is 0 Å². The molecule has 0 N–H and O–H groups in total. The van der Waals surface area contributed by atoms with Crippen LogP contribution in [0.15, 0.2) is 53.9 Å². The summed E-state index contributed by atoms with van der Waals surface area (Å²) in [6, 6.07) is 8.47. The number of aromatic nitrogens is 5. The molecule has 3 aromatic heterocycles. The fraction of sp³-hybridized carbons (Fsp3) is 0.0714. The van der Waals surface area contributed by atoms with E-state index in [-0.39, 0.29) is 4.90 Å². The number of aryl methyl sites for hydroxylation is 1. The molecule has 110 valence electrons. The van der Waals surface area contributed by atoms with Crippen LogP contribution in [-0.2, 0) is 10.0 Å². The number of hydrogen-bond donors (Lipinski definition) is 0. The van der Waals surface area contributed by atoms with Gasteiger partial charge in [0.25, 0.3) is 10.0 Å². The van der Waals surface area contributed by atoms with E-state index in [9.17, 15) is 8.42 Å². The summed E-state index contributed by atoms with van der Waals surface area (Å²) in [5, 5.41) is 7.71. The van der Waals surface area contributed by atoms with Gasteiger partial charge < -0.3 is 0 Å². The highest BCUT2D eigenvalue weighted by Crippen LogP contribution is 2.21. The smallest absolute Gasteiger partial charge is 0.269 e. The van der Waals surface area contributed by atoms with Crippen LogP contribution in [0.2, 0.25) is 0 Å². The van der Waals surface area contributed by atoms with Crippen LogP contribution in [0.5, 0.6) is 0 Å². The van der Waals surface area contributed by atoms with Gasteiger partial charge in [0.05, 0.1) is 16.6 Å². The van der Waals surface area contributed by atoms with Crippen molar-refractivity contribution in [1.29, 1.82) is 0 Å². The molecule has 0 bridgehead atoms. The van der Waals surface area contributed by atoms with Gasteiger partial charge in [-0.15, -0.1) is 10.2 Å². The molecule has 0 amide bonds. The maximum absolute atomic E-state index is 12.8. The van der Waals surface area contributed by atoms with E-state index in [1.54, 1.807) is 28.7 Å². The number of hydrogen-bond acceptors (Lipinski definition) is 5. The van der Waals surface area contributed by atoms with Gasteiger partial charge in [0.15, 0.2) is 11.3 Å². The summed E-state index contributed by atoms with van der Waals surface area (Å²) in [6.07, 6.45) is 4.52. The first-order chi connectivity index (χ1) is 10.6. The fourth-order valence-corrected chi connectivity index (χ4v) is 3.83. The average molecular weight is 313 g/mol. The van der Waals surface area contributed by atoms with E-state index in [2.05, 4.69) is 15.2 Å². The molecular weight excluding hydrogens is 302 g/mol. The molecule has 4 rings (SSSR count). The molecule has 0 fully saturated rings. The SMILES string of the molecule is Cc1cccc(S(=O)(=O)n2ccc3c2ncc2nncn23)c1. The van der Waals surface area contributed by atoms with Crippen molar-refractivity contribution in [2.24, 2.45) is 0 Å². The van der Waals surface area contributed by atoms with Crippen molar-refractivity contribution in [3.63, 3.8) is 0 Å². The van der Waals surface area contributed by atoms with E-state index in [1.165, 1.54) is 22.7 Å². The minimum atomic E-state index is -3.70.